The van der Waals surface area contributed by atoms with E-state index in [2.05, 4.69) is 29.1 Å². The summed E-state index contributed by atoms with van der Waals surface area (Å²) < 4.78 is 0. The molecular weight excluding hydrogens is 230 g/mol. The van der Waals surface area contributed by atoms with Gasteiger partial charge >= 0.3 is 5.97 Å². The second-order valence-corrected chi connectivity index (χ2v) is 5.18. The molecule has 0 bridgehead atoms. The average Bonchev–Trinajstić information content (AvgIpc) is 2.51. The van der Waals surface area contributed by atoms with Crippen LogP contribution < -0.4 is 5.32 Å². The lowest BCUT2D eigenvalue weighted by atomic mass is 10.1. The van der Waals surface area contributed by atoms with Crippen molar-refractivity contribution in [3.05, 3.63) is 0 Å². The molecule has 1 aliphatic heterocycles. The van der Waals surface area contributed by atoms with Crippen LogP contribution in [0.3, 0.4) is 0 Å². The van der Waals surface area contributed by atoms with Crippen molar-refractivity contribution in [2.75, 3.05) is 40.3 Å². The van der Waals surface area contributed by atoms with Crippen LogP contribution in [-0.2, 0) is 4.79 Å². The van der Waals surface area contributed by atoms with Gasteiger partial charge in [0.15, 0.2) is 0 Å². The third-order valence-electron chi connectivity index (χ3n) is 3.85. The lowest BCUT2D eigenvalue weighted by Crippen LogP contribution is -2.43. The van der Waals surface area contributed by atoms with Crippen molar-refractivity contribution < 1.29 is 9.90 Å². The zero-order chi connectivity index (χ0) is 13.5. The Morgan fingerprint density at radius 3 is 2.78 bits per heavy atom. The Kier molecular flexibility index (Phi) is 6.60. The van der Waals surface area contributed by atoms with Crippen molar-refractivity contribution >= 4 is 5.97 Å². The van der Waals surface area contributed by atoms with Crippen LogP contribution >= 0.6 is 0 Å². The zero-order valence-electron chi connectivity index (χ0n) is 11.9. The highest BCUT2D eigenvalue weighted by Crippen LogP contribution is 2.13. The second kappa shape index (κ2) is 7.71. The quantitative estimate of drug-likeness (QED) is 0.724. The van der Waals surface area contributed by atoms with Crippen molar-refractivity contribution in [1.82, 2.24) is 15.1 Å². The maximum absolute atomic E-state index is 11.0. The summed E-state index contributed by atoms with van der Waals surface area (Å²) in [7, 11) is 3.88. The first-order valence-electron chi connectivity index (χ1n) is 6.91. The van der Waals surface area contributed by atoms with Gasteiger partial charge in [0.25, 0.3) is 0 Å². The lowest BCUT2D eigenvalue weighted by molar-refractivity contribution is -0.139. The molecule has 1 rings (SSSR count). The molecule has 5 nitrogen and oxygen atoms in total. The summed E-state index contributed by atoms with van der Waals surface area (Å²) in [4.78, 5) is 15.8. The lowest BCUT2D eigenvalue weighted by Gasteiger charge is -2.30. The van der Waals surface area contributed by atoms with E-state index in [0.29, 0.717) is 12.5 Å². The topological polar surface area (TPSA) is 55.8 Å². The Labute approximate surface area is 110 Å². The Morgan fingerprint density at radius 1 is 1.50 bits per heavy atom. The molecule has 0 spiro atoms. The van der Waals surface area contributed by atoms with Gasteiger partial charge in [0.2, 0.25) is 0 Å². The molecule has 0 amide bonds. The van der Waals surface area contributed by atoms with Crippen LogP contribution in [0, 0.1) is 0 Å². The maximum Gasteiger partial charge on any atom is 0.320 e. The summed E-state index contributed by atoms with van der Waals surface area (Å²) in [6.07, 6.45) is 2.97. The fraction of sp³-hybridized carbons (Fsp3) is 0.923. The van der Waals surface area contributed by atoms with E-state index >= 15 is 0 Å². The smallest absolute Gasteiger partial charge is 0.320 e. The summed E-state index contributed by atoms with van der Waals surface area (Å²) in [5.74, 6) is -0.752. The van der Waals surface area contributed by atoms with E-state index in [1.165, 1.54) is 6.42 Å². The Hall–Kier alpha value is -0.650. The van der Waals surface area contributed by atoms with Crippen LogP contribution in [0.5, 0.6) is 0 Å². The number of nitrogens with zero attached hydrogens (tertiary/aromatic N) is 2. The Balaban J connectivity index is 2.49. The summed E-state index contributed by atoms with van der Waals surface area (Å²) >= 11 is 0. The van der Waals surface area contributed by atoms with E-state index < -0.39 is 12.0 Å². The summed E-state index contributed by atoms with van der Waals surface area (Å²) in [6.45, 7) is 6.39. The van der Waals surface area contributed by atoms with Gasteiger partial charge in [-0.3, -0.25) is 9.69 Å². The predicted molar refractivity (Wildman–Crippen MR) is 72.9 cm³/mol. The van der Waals surface area contributed by atoms with Crippen molar-refractivity contribution in [1.29, 1.82) is 0 Å². The standard InChI is InChI=1S/C13H27N3O2/c1-4-11-10-15(3)7-5-8-16(11)9-6-12(14-2)13(17)18/h11-12,14H,4-10H2,1-3H3,(H,17,18). The van der Waals surface area contributed by atoms with E-state index in [9.17, 15) is 4.79 Å². The van der Waals surface area contributed by atoms with Gasteiger partial charge in [0.05, 0.1) is 0 Å². The SMILES string of the molecule is CCC1CN(C)CCCN1CCC(NC)C(=O)O. The molecule has 1 fully saturated rings. The molecule has 106 valence electrons. The monoisotopic (exact) mass is 257 g/mol. The molecule has 0 aliphatic carbocycles. The van der Waals surface area contributed by atoms with E-state index in [4.69, 9.17) is 5.11 Å². The molecule has 1 saturated heterocycles. The molecule has 2 N–H and O–H groups in total. The van der Waals surface area contributed by atoms with Crippen molar-refractivity contribution in [3.8, 4) is 0 Å². The van der Waals surface area contributed by atoms with Crippen molar-refractivity contribution in [3.63, 3.8) is 0 Å². The van der Waals surface area contributed by atoms with Crippen LogP contribution in [0.1, 0.15) is 26.2 Å². The second-order valence-electron chi connectivity index (χ2n) is 5.18. The minimum Gasteiger partial charge on any atom is -0.480 e. The summed E-state index contributed by atoms with van der Waals surface area (Å²) in [6, 6.07) is 0.132. The van der Waals surface area contributed by atoms with Crippen LogP contribution in [0.15, 0.2) is 0 Å². The van der Waals surface area contributed by atoms with Gasteiger partial charge < -0.3 is 15.3 Å². The number of rotatable bonds is 6. The van der Waals surface area contributed by atoms with Crippen LogP contribution in [0.25, 0.3) is 0 Å². The third kappa shape index (κ3) is 4.55. The van der Waals surface area contributed by atoms with Crippen LogP contribution in [0.2, 0.25) is 0 Å². The maximum atomic E-state index is 11.0. The van der Waals surface area contributed by atoms with Gasteiger partial charge in [-0.25, -0.2) is 0 Å². The highest BCUT2D eigenvalue weighted by atomic mass is 16.4. The predicted octanol–water partition coefficient (Wildman–Crippen LogP) is 0.465. The summed E-state index contributed by atoms with van der Waals surface area (Å²) in [5, 5.41) is 11.9. The molecule has 1 heterocycles. The van der Waals surface area contributed by atoms with E-state index in [0.717, 1.165) is 32.6 Å². The Bertz CT molecular complexity index is 261. The van der Waals surface area contributed by atoms with Gasteiger partial charge in [-0.1, -0.05) is 6.92 Å². The number of likely N-dealkylation sites (N-methyl/N-ethyl adjacent to an activating group) is 2. The van der Waals surface area contributed by atoms with E-state index in [1.807, 2.05) is 0 Å². The highest BCUT2D eigenvalue weighted by Gasteiger charge is 2.23. The first kappa shape index (κ1) is 15.4. The number of carbonyl (C=O) groups is 1. The number of hydrogen-bond donors (Lipinski definition) is 2. The molecule has 0 aromatic carbocycles. The largest absolute Gasteiger partial charge is 0.480 e. The number of aliphatic carboxylic acids is 1. The van der Waals surface area contributed by atoms with E-state index in [-0.39, 0.29) is 0 Å². The molecular formula is C13H27N3O2. The number of carboxylic acids is 1. The molecule has 18 heavy (non-hydrogen) atoms. The molecule has 2 unspecified atom stereocenters. The first-order valence-corrected chi connectivity index (χ1v) is 6.91. The summed E-state index contributed by atoms with van der Waals surface area (Å²) in [5.41, 5.74) is 0. The fourth-order valence-corrected chi connectivity index (χ4v) is 2.66. The molecule has 5 heteroatoms. The van der Waals surface area contributed by atoms with Crippen molar-refractivity contribution in [2.45, 2.75) is 38.3 Å². The fourth-order valence-electron chi connectivity index (χ4n) is 2.66. The van der Waals surface area contributed by atoms with Gasteiger partial charge in [0.1, 0.15) is 6.04 Å². The van der Waals surface area contributed by atoms with E-state index in [1.54, 1.807) is 7.05 Å². The van der Waals surface area contributed by atoms with Gasteiger partial charge in [-0.15, -0.1) is 0 Å². The molecule has 1 aliphatic rings. The third-order valence-corrected chi connectivity index (χ3v) is 3.85. The van der Waals surface area contributed by atoms with Crippen molar-refractivity contribution in [2.24, 2.45) is 0 Å². The molecule has 0 aromatic rings. The van der Waals surface area contributed by atoms with Gasteiger partial charge in [-0.2, -0.15) is 0 Å². The molecule has 0 aromatic heterocycles. The highest BCUT2D eigenvalue weighted by molar-refractivity contribution is 5.73. The zero-order valence-corrected chi connectivity index (χ0v) is 11.9. The molecule has 2 atom stereocenters. The van der Waals surface area contributed by atoms with Crippen LogP contribution in [-0.4, -0.2) is 73.2 Å². The first-order chi connectivity index (χ1) is 8.58. The normalized spacial score (nSPS) is 24.7. The number of hydrogen-bond acceptors (Lipinski definition) is 4. The molecule has 0 radical (unpaired) electrons. The van der Waals surface area contributed by atoms with Gasteiger partial charge in [-0.05, 0) is 46.4 Å². The van der Waals surface area contributed by atoms with Crippen LogP contribution in [0.4, 0.5) is 0 Å². The minimum absolute atomic E-state index is 0.427. The number of nitrogens with one attached hydrogen (secondary N) is 1. The Morgan fingerprint density at radius 2 is 2.22 bits per heavy atom. The molecule has 0 saturated carbocycles. The van der Waals surface area contributed by atoms with Gasteiger partial charge in [0, 0.05) is 19.1 Å². The average molecular weight is 257 g/mol. The number of carboxylic acid groups (broad SMARTS) is 1. The minimum atomic E-state index is -0.752.